The second-order valence-electron chi connectivity index (χ2n) is 3.43. The minimum atomic E-state index is -0.724. The predicted molar refractivity (Wildman–Crippen MR) is 61.1 cm³/mol. The predicted octanol–water partition coefficient (Wildman–Crippen LogP) is 2.51. The van der Waals surface area contributed by atoms with Crippen LogP contribution in [0.25, 0.3) is 5.57 Å². The molecule has 0 aliphatic rings. The molecule has 2 N–H and O–H groups in total. The summed E-state index contributed by atoms with van der Waals surface area (Å²) in [7, 11) is 0. The van der Waals surface area contributed by atoms with Gasteiger partial charge in [-0.2, -0.15) is 0 Å². The molecule has 0 amide bonds. The fourth-order valence-electron chi connectivity index (χ4n) is 1.30. The van der Waals surface area contributed by atoms with E-state index >= 15 is 0 Å². The first-order chi connectivity index (χ1) is 7.95. The van der Waals surface area contributed by atoms with Gasteiger partial charge in [-0.3, -0.25) is 0 Å². The van der Waals surface area contributed by atoms with Gasteiger partial charge in [0, 0.05) is 17.7 Å². The second-order valence-corrected chi connectivity index (χ2v) is 3.43. The molecule has 0 aliphatic carbocycles. The standard InChI is InChI=1S/C12H13F2NO2/c1-3-17-12(16)4-7(2)8-5-10(14)11(15)6-9(8)13/h4-6H,3,15H2,1-2H3. The number of carbonyl (C=O) groups excluding carboxylic acids is 1. The Bertz CT molecular complexity index is 470. The number of hydrogen-bond acceptors (Lipinski definition) is 3. The summed E-state index contributed by atoms with van der Waals surface area (Å²) in [6.07, 6.45) is 1.11. The second kappa shape index (κ2) is 5.43. The number of esters is 1. The molecule has 17 heavy (non-hydrogen) atoms. The molecule has 0 aromatic heterocycles. The number of nitrogen functional groups attached to an aromatic ring is 1. The van der Waals surface area contributed by atoms with E-state index in [4.69, 9.17) is 5.73 Å². The van der Waals surface area contributed by atoms with Crippen molar-refractivity contribution in [2.45, 2.75) is 13.8 Å². The zero-order chi connectivity index (χ0) is 13.0. The molecule has 0 spiro atoms. The smallest absolute Gasteiger partial charge is 0.331 e. The van der Waals surface area contributed by atoms with Crippen LogP contribution in [-0.2, 0) is 9.53 Å². The van der Waals surface area contributed by atoms with E-state index in [2.05, 4.69) is 4.74 Å². The number of halogens is 2. The maximum absolute atomic E-state index is 13.5. The number of rotatable bonds is 3. The number of benzene rings is 1. The van der Waals surface area contributed by atoms with Crippen LogP contribution in [-0.4, -0.2) is 12.6 Å². The average Bonchev–Trinajstić information content (AvgIpc) is 2.23. The lowest BCUT2D eigenvalue weighted by Gasteiger charge is -2.06. The van der Waals surface area contributed by atoms with Gasteiger partial charge < -0.3 is 10.5 Å². The molecule has 0 atom stereocenters. The first-order valence-electron chi connectivity index (χ1n) is 5.05. The summed E-state index contributed by atoms with van der Waals surface area (Å²) in [5, 5.41) is 0. The normalized spacial score (nSPS) is 11.4. The molecule has 0 bridgehead atoms. The summed E-state index contributed by atoms with van der Waals surface area (Å²) < 4.78 is 31.3. The van der Waals surface area contributed by atoms with E-state index in [9.17, 15) is 13.6 Å². The van der Waals surface area contributed by atoms with Gasteiger partial charge >= 0.3 is 5.97 Å². The topological polar surface area (TPSA) is 52.3 Å². The third-order valence-corrected chi connectivity index (χ3v) is 2.13. The summed E-state index contributed by atoms with van der Waals surface area (Å²) in [6, 6.07) is 1.84. The van der Waals surface area contributed by atoms with Crippen LogP contribution in [0, 0.1) is 11.6 Å². The van der Waals surface area contributed by atoms with Gasteiger partial charge in [0.05, 0.1) is 12.3 Å². The Labute approximate surface area is 97.9 Å². The van der Waals surface area contributed by atoms with E-state index < -0.39 is 17.6 Å². The van der Waals surface area contributed by atoms with Crippen LogP contribution in [0.4, 0.5) is 14.5 Å². The number of allylic oxidation sites excluding steroid dienone is 1. The number of nitrogens with two attached hydrogens (primary N) is 1. The molecular formula is C12H13F2NO2. The van der Waals surface area contributed by atoms with Gasteiger partial charge in [-0.1, -0.05) is 0 Å². The van der Waals surface area contributed by atoms with Crippen molar-refractivity contribution in [2.75, 3.05) is 12.3 Å². The van der Waals surface area contributed by atoms with Crippen LogP contribution in [0.1, 0.15) is 19.4 Å². The molecule has 0 aliphatic heterocycles. The molecule has 0 heterocycles. The van der Waals surface area contributed by atoms with Gasteiger partial charge in [-0.25, -0.2) is 13.6 Å². The summed E-state index contributed by atoms with van der Waals surface area (Å²) >= 11 is 0. The molecule has 0 fully saturated rings. The molecule has 1 rings (SSSR count). The highest BCUT2D eigenvalue weighted by Crippen LogP contribution is 2.22. The average molecular weight is 241 g/mol. The number of hydrogen-bond donors (Lipinski definition) is 1. The van der Waals surface area contributed by atoms with E-state index in [1.165, 1.54) is 6.92 Å². The quantitative estimate of drug-likeness (QED) is 0.502. The van der Waals surface area contributed by atoms with Crippen molar-refractivity contribution in [3.05, 3.63) is 35.4 Å². The molecule has 1 aromatic carbocycles. The summed E-state index contributed by atoms with van der Waals surface area (Å²) in [5.41, 5.74) is 5.21. The maximum Gasteiger partial charge on any atom is 0.331 e. The van der Waals surface area contributed by atoms with Crippen LogP contribution >= 0.6 is 0 Å². The van der Waals surface area contributed by atoms with Crippen LogP contribution in [0.5, 0.6) is 0 Å². The summed E-state index contributed by atoms with van der Waals surface area (Å²) in [5.74, 6) is -2.00. The maximum atomic E-state index is 13.5. The Kier molecular flexibility index (Phi) is 4.20. The minimum absolute atomic E-state index is 0.00949. The van der Waals surface area contributed by atoms with E-state index in [1.807, 2.05) is 0 Å². The van der Waals surface area contributed by atoms with Crippen LogP contribution < -0.4 is 5.73 Å². The Morgan fingerprint density at radius 2 is 2.06 bits per heavy atom. The van der Waals surface area contributed by atoms with Crippen molar-refractivity contribution in [2.24, 2.45) is 0 Å². The van der Waals surface area contributed by atoms with E-state index in [1.54, 1.807) is 6.92 Å². The van der Waals surface area contributed by atoms with Crippen LogP contribution in [0.15, 0.2) is 18.2 Å². The molecule has 0 radical (unpaired) electrons. The molecule has 0 unspecified atom stereocenters. The molecule has 0 saturated carbocycles. The fourth-order valence-corrected chi connectivity index (χ4v) is 1.30. The number of anilines is 1. The zero-order valence-corrected chi connectivity index (χ0v) is 9.59. The number of ether oxygens (including phenoxy) is 1. The van der Waals surface area contributed by atoms with Crippen LogP contribution in [0.3, 0.4) is 0 Å². The van der Waals surface area contributed by atoms with Crippen molar-refractivity contribution in [1.82, 2.24) is 0 Å². The highest BCUT2D eigenvalue weighted by Gasteiger charge is 2.10. The van der Waals surface area contributed by atoms with Crippen molar-refractivity contribution in [1.29, 1.82) is 0 Å². The van der Waals surface area contributed by atoms with Gasteiger partial charge in [-0.05, 0) is 25.5 Å². The molecular weight excluding hydrogens is 228 g/mol. The van der Waals surface area contributed by atoms with E-state index in [0.29, 0.717) is 0 Å². The zero-order valence-electron chi connectivity index (χ0n) is 9.59. The summed E-state index contributed by atoms with van der Waals surface area (Å²) in [6.45, 7) is 3.37. The Hall–Kier alpha value is -1.91. The van der Waals surface area contributed by atoms with Gasteiger partial charge in [0.2, 0.25) is 0 Å². The number of carbonyl (C=O) groups is 1. The van der Waals surface area contributed by atoms with Gasteiger partial charge in [-0.15, -0.1) is 0 Å². The lowest BCUT2D eigenvalue weighted by Crippen LogP contribution is -2.01. The van der Waals surface area contributed by atoms with E-state index in [0.717, 1.165) is 18.2 Å². The van der Waals surface area contributed by atoms with Crippen molar-refractivity contribution in [3.8, 4) is 0 Å². The lowest BCUT2D eigenvalue weighted by atomic mass is 10.1. The van der Waals surface area contributed by atoms with Crippen LogP contribution in [0.2, 0.25) is 0 Å². The third kappa shape index (κ3) is 3.27. The van der Waals surface area contributed by atoms with Crippen molar-refractivity contribution >= 4 is 17.2 Å². The molecule has 5 heteroatoms. The SMILES string of the molecule is CCOC(=O)C=C(C)c1cc(F)c(N)cc1F. The molecule has 92 valence electrons. The highest BCUT2D eigenvalue weighted by atomic mass is 19.1. The van der Waals surface area contributed by atoms with Gasteiger partial charge in [0.15, 0.2) is 0 Å². The highest BCUT2D eigenvalue weighted by molar-refractivity contribution is 5.91. The Morgan fingerprint density at radius 3 is 2.65 bits per heavy atom. The van der Waals surface area contributed by atoms with Crippen molar-refractivity contribution < 1.29 is 18.3 Å². The van der Waals surface area contributed by atoms with E-state index in [-0.39, 0.29) is 23.4 Å². The Balaban J connectivity index is 3.08. The first kappa shape index (κ1) is 13.2. The molecule has 3 nitrogen and oxygen atoms in total. The fraction of sp³-hybridized carbons (Fsp3) is 0.250. The third-order valence-electron chi connectivity index (χ3n) is 2.13. The van der Waals surface area contributed by atoms with Gasteiger partial charge in [0.25, 0.3) is 0 Å². The lowest BCUT2D eigenvalue weighted by molar-refractivity contribution is -0.137. The summed E-state index contributed by atoms with van der Waals surface area (Å²) in [4.78, 5) is 11.2. The van der Waals surface area contributed by atoms with Gasteiger partial charge in [0.1, 0.15) is 11.6 Å². The molecule has 1 aromatic rings. The minimum Gasteiger partial charge on any atom is -0.463 e. The monoisotopic (exact) mass is 241 g/mol. The van der Waals surface area contributed by atoms with Crippen molar-refractivity contribution in [3.63, 3.8) is 0 Å². The molecule has 0 saturated heterocycles. The Morgan fingerprint density at radius 1 is 1.41 bits per heavy atom. The first-order valence-corrected chi connectivity index (χ1v) is 5.05. The largest absolute Gasteiger partial charge is 0.463 e.